The summed E-state index contributed by atoms with van der Waals surface area (Å²) in [6, 6.07) is 7.38. The van der Waals surface area contributed by atoms with Gasteiger partial charge in [-0.1, -0.05) is 22.9 Å². The molecule has 0 radical (unpaired) electrons. The predicted molar refractivity (Wildman–Crippen MR) is 79.9 cm³/mol. The smallest absolute Gasteiger partial charge is 0.239 e. The van der Waals surface area contributed by atoms with Gasteiger partial charge < -0.3 is 10.6 Å². The van der Waals surface area contributed by atoms with E-state index in [4.69, 9.17) is 5.26 Å². The summed E-state index contributed by atoms with van der Waals surface area (Å²) in [5.74, 6) is -0.0873. The second-order valence-corrected chi connectivity index (χ2v) is 5.86. The number of nitrogens with one attached hydrogen (secondary N) is 2. The average molecular weight is 324 g/mol. The summed E-state index contributed by atoms with van der Waals surface area (Å²) in [5, 5.41) is 14.9. The maximum atomic E-state index is 11.8. The van der Waals surface area contributed by atoms with Gasteiger partial charge in [0.1, 0.15) is 6.07 Å². The van der Waals surface area contributed by atoms with Crippen LogP contribution in [0.1, 0.15) is 32.8 Å². The van der Waals surface area contributed by atoms with E-state index in [9.17, 15) is 4.79 Å². The van der Waals surface area contributed by atoms with Crippen LogP contribution >= 0.6 is 15.9 Å². The van der Waals surface area contributed by atoms with Crippen LogP contribution in [0.5, 0.6) is 0 Å². The molecule has 19 heavy (non-hydrogen) atoms. The van der Waals surface area contributed by atoms with Crippen LogP contribution < -0.4 is 10.6 Å². The van der Waals surface area contributed by atoms with Crippen molar-refractivity contribution in [3.8, 4) is 6.07 Å². The second-order valence-electron chi connectivity index (χ2n) is 4.94. The number of hydrogen-bond acceptors (Lipinski definition) is 3. The van der Waals surface area contributed by atoms with E-state index in [2.05, 4.69) is 32.6 Å². The van der Waals surface area contributed by atoms with Crippen molar-refractivity contribution in [3.05, 3.63) is 28.2 Å². The number of nitriles is 1. The molecule has 4 nitrogen and oxygen atoms in total. The molecule has 1 aromatic rings. The SMILES string of the molecule is CCC(C)(C)NC(=O)CNc1cc(Br)ccc1C#N. The van der Waals surface area contributed by atoms with Gasteiger partial charge in [0, 0.05) is 10.0 Å². The Labute approximate surface area is 122 Å². The molecule has 0 unspecified atom stereocenters. The van der Waals surface area contributed by atoms with Crippen LogP contribution in [0.2, 0.25) is 0 Å². The molecule has 0 aliphatic carbocycles. The minimum atomic E-state index is -0.214. The van der Waals surface area contributed by atoms with Gasteiger partial charge >= 0.3 is 0 Å². The van der Waals surface area contributed by atoms with Crippen molar-refractivity contribution in [2.75, 3.05) is 11.9 Å². The Balaban J connectivity index is 2.65. The Hall–Kier alpha value is -1.54. The number of halogens is 1. The summed E-state index contributed by atoms with van der Waals surface area (Å²) in [6.45, 7) is 6.12. The van der Waals surface area contributed by atoms with Crippen molar-refractivity contribution in [2.45, 2.75) is 32.7 Å². The number of carbonyl (C=O) groups excluding carboxylic acids is 1. The molecular formula is C14H18BrN3O. The number of hydrogen-bond donors (Lipinski definition) is 2. The maximum absolute atomic E-state index is 11.8. The van der Waals surface area contributed by atoms with Gasteiger partial charge in [-0.15, -0.1) is 0 Å². The highest BCUT2D eigenvalue weighted by Gasteiger charge is 2.17. The Morgan fingerprint density at radius 2 is 2.16 bits per heavy atom. The van der Waals surface area contributed by atoms with E-state index < -0.39 is 0 Å². The lowest BCUT2D eigenvalue weighted by molar-refractivity contribution is -0.121. The topological polar surface area (TPSA) is 64.9 Å². The summed E-state index contributed by atoms with van der Waals surface area (Å²) in [5.41, 5.74) is 0.959. The van der Waals surface area contributed by atoms with Crippen LogP contribution in [0.4, 0.5) is 5.69 Å². The zero-order valence-electron chi connectivity index (χ0n) is 11.4. The van der Waals surface area contributed by atoms with Gasteiger partial charge in [-0.2, -0.15) is 5.26 Å². The minimum Gasteiger partial charge on any atom is -0.375 e. The molecule has 0 spiro atoms. The molecule has 0 aromatic heterocycles. The van der Waals surface area contributed by atoms with Gasteiger partial charge in [-0.25, -0.2) is 0 Å². The maximum Gasteiger partial charge on any atom is 0.239 e. The Morgan fingerprint density at radius 3 is 2.74 bits per heavy atom. The molecule has 1 aromatic carbocycles. The monoisotopic (exact) mass is 323 g/mol. The van der Waals surface area contributed by atoms with Gasteiger partial charge in [0.15, 0.2) is 0 Å². The first-order valence-corrected chi connectivity index (χ1v) is 6.92. The van der Waals surface area contributed by atoms with Crippen LogP contribution in [0, 0.1) is 11.3 Å². The third kappa shape index (κ3) is 4.92. The first-order valence-electron chi connectivity index (χ1n) is 6.12. The third-order valence-corrected chi connectivity index (χ3v) is 3.40. The molecule has 0 saturated carbocycles. The van der Waals surface area contributed by atoms with Crippen molar-refractivity contribution >= 4 is 27.5 Å². The predicted octanol–water partition coefficient (Wildman–Crippen LogP) is 3.04. The standard InChI is InChI=1S/C14H18BrN3O/c1-4-14(2,3)18-13(19)9-17-12-7-11(15)6-5-10(12)8-16/h5-7,17H,4,9H2,1-3H3,(H,18,19). The Kier molecular flexibility index (Phi) is 5.37. The first kappa shape index (κ1) is 15.5. The molecule has 1 rings (SSSR count). The molecule has 0 bridgehead atoms. The second kappa shape index (κ2) is 6.58. The van der Waals surface area contributed by atoms with E-state index in [-0.39, 0.29) is 18.0 Å². The molecule has 0 atom stereocenters. The lowest BCUT2D eigenvalue weighted by Gasteiger charge is -2.24. The number of benzene rings is 1. The average Bonchev–Trinajstić information content (AvgIpc) is 2.36. The van der Waals surface area contributed by atoms with Crippen molar-refractivity contribution in [1.82, 2.24) is 5.32 Å². The summed E-state index contributed by atoms with van der Waals surface area (Å²) < 4.78 is 0.864. The van der Waals surface area contributed by atoms with Crippen molar-refractivity contribution in [2.24, 2.45) is 0 Å². The quantitative estimate of drug-likeness (QED) is 0.875. The van der Waals surface area contributed by atoms with Gasteiger partial charge in [0.2, 0.25) is 5.91 Å². The lowest BCUT2D eigenvalue weighted by Crippen LogP contribution is -2.45. The summed E-state index contributed by atoms with van der Waals surface area (Å²) in [6.07, 6.45) is 0.860. The van der Waals surface area contributed by atoms with Gasteiger partial charge in [-0.3, -0.25) is 4.79 Å². The highest BCUT2D eigenvalue weighted by atomic mass is 79.9. The number of carbonyl (C=O) groups is 1. The van der Waals surface area contributed by atoms with E-state index in [0.717, 1.165) is 10.9 Å². The van der Waals surface area contributed by atoms with E-state index in [0.29, 0.717) is 11.3 Å². The van der Waals surface area contributed by atoms with Crippen LogP contribution in [-0.2, 0) is 4.79 Å². The largest absolute Gasteiger partial charge is 0.375 e. The molecule has 0 aliphatic rings. The van der Waals surface area contributed by atoms with Crippen LogP contribution in [0.3, 0.4) is 0 Å². The summed E-state index contributed by atoms with van der Waals surface area (Å²) >= 11 is 3.34. The van der Waals surface area contributed by atoms with E-state index >= 15 is 0 Å². The Morgan fingerprint density at radius 1 is 1.47 bits per heavy atom. The van der Waals surface area contributed by atoms with Gasteiger partial charge in [-0.05, 0) is 38.5 Å². The fourth-order valence-corrected chi connectivity index (χ4v) is 1.81. The van der Waals surface area contributed by atoms with Gasteiger partial charge in [0.05, 0.1) is 17.8 Å². The molecule has 2 N–H and O–H groups in total. The molecule has 0 saturated heterocycles. The van der Waals surface area contributed by atoms with Gasteiger partial charge in [0.25, 0.3) is 0 Å². The summed E-state index contributed by atoms with van der Waals surface area (Å²) in [4.78, 5) is 11.8. The first-order chi connectivity index (χ1) is 8.88. The summed E-state index contributed by atoms with van der Waals surface area (Å²) in [7, 11) is 0. The fourth-order valence-electron chi connectivity index (χ4n) is 1.45. The van der Waals surface area contributed by atoms with Crippen molar-refractivity contribution in [3.63, 3.8) is 0 Å². The molecule has 5 heteroatoms. The van der Waals surface area contributed by atoms with Crippen LogP contribution in [0.15, 0.2) is 22.7 Å². The van der Waals surface area contributed by atoms with E-state index in [1.54, 1.807) is 18.2 Å². The zero-order chi connectivity index (χ0) is 14.5. The molecule has 0 fully saturated rings. The molecule has 102 valence electrons. The fraction of sp³-hybridized carbons (Fsp3) is 0.429. The Bertz CT molecular complexity index is 506. The molecule has 0 aliphatic heterocycles. The highest BCUT2D eigenvalue weighted by molar-refractivity contribution is 9.10. The number of nitrogens with zero attached hydrogens (tertiary/aromatic N) is 1. The zero-order valence-corrected chi connectivity index (χ0v) is 13.0. The number of amides is 1. The van der Waals surface area contributed by atoms with Crippen LogP contribution in [0.25, 0.3) is 0 Å². The molecule has 1 amide bonds. The van der Waals surface area contributed by atoms with E-state index in [1.165, 1.54) is 0 Å². The lowest BCUT2D eigenvalue weighted by atomic mass is 10.0. The van der Waals surface area contributed by atoms with Crippen LogP contribution in [-0.4, -0.2) is 18.0 Å². The third-order valence-electron chi connectivity index (χ3n) is 2.90. The highest BCUT2D eigenvalue weighted by Crippen LogP contribution is 2.20. The van der Waals surface area contributed by atoms with Crippen molar-refractivity contribution < 1.29 is 4.79 Å². The number of anilines is 1. The molecular weight excluding hydrogens is 306 g/mol. The number of rotatable bonds is 5. The van der Waals surface area contributed by atoms with Crippen molar-refractivity contribution in [1.29, 1.82) is 5.26 Å². The van der Waals surface area contributed by atoms with E-state index in [1.807, 2.05) is 20.8 Å². The molecule has 0 heterocycles. The minimum absolute atomic E-state index is 0.0873. The normalized spacial score (nSPS) is 10.7.